The van der Waals surface area contributed by atoms with E-state index in [9.17, 15) is 9.59 Å². The molecule has 1 aliphatic heterocycles. The van der Waals surface area contributed by atoms with Crippen LogP contribution in [0.1, 0.15) is 39.0 Å². The Morgan fingerprint density at radius 3 is 2.65 bits per heavy atom. The van der Waals surface area contributed by atoms with Gasteiger partial charge >= 0.3 is 5.97 Å². The summed E-state index contributed by atoms with van der Waals surface area (Å²) in [6.07, 6.45) is 2.71. The zero-order chi connectivity index (χ0) is 12.7. The summed E-state index contributed by atoms with van der Waals surface area (Å²) in [5, 5.41) is 11.3. The molecule has 0 saturated carbocycles. The molecule has 98 valence electrons. The summed E-state index contributed by atoms with van der Waals surface area (Å²) in [6, 6.07) is 0. The Morgan fingerprint density at radius 1 is 1.35 bits per heavy atom. The van der Waals surface area contributed by atoms with Gasteiger partial charge in [0.25, 0.3) is 0 Å². The van der Waals surface area contributed by atoms with Crippen molar-refractivity contribution in [1.82, 2.24) is 5.32 Å². The van der Waals surface area contributed by atoms with Crippen LogP contribution in [0.25, 0.3) is 0 Å². The quantitative estimate of drug-likeness (QED) is 0.658. The van der Waals surface area contributed by atoms with Gasteiger partial charge < -0.3 is 15.2 Å². The van der Waals surface area contributed by atoms with Crippen LogP contribution in [-0.2, 0) is 14.3 Å². The van der Waals surface area contributed by atoms with E-state index >= 15 is 0 Å². The molecule has 17 heavy (non-hydrogen) atoms. The number of hydrogen-bond acceptors (Lipinski definition) is 3. The van der Waals surface area contributed by atoms with Gasteiger partial charge in [-0.1, -0.05) is 6.92 Å². The number of carboxylic acid groups (broad SMARTS) is 1. The minimum absolute atomic E-state index is 0.00325. The summed E-state index contributed by atoms with van der Waals surface area (Å²) in [5.41, 5.74) is 0.0662. The highest BCUT2D eigenvalue weighted by Crippen LogP contribution is 2.26. The van der Waals surface area contributed by atoms with E-state index in [2.05, 4.69) is 12.2 Å². The van der Waals surface area contributed by atoms with Crippen LogP contribution in [-0.4, -0.2) is 36.7 Å². The molecule has 0 spiro atoms. The Morgan fingerprint density at radius 2 is 2.06 bits per heavy atom. The molecule has 0 radical (unpaired) electrons. The predicted molar refractivity (Wildman–Crippen MR) is 62.7 cm³/mol. The minimum Gasteiger partial charge on any atom is -0.481 e. The molecule has 0 aliphatic carbocycles. The normalized spacial score (nSPS) is 23.6. The highest BCUT2D eigenvalue weighted by Gasteiger charge is 2.29. The van der Waals surface area contributed by atoms with Gasteiger partial charge in [-0.25, -0.2) is 0 Å². The molecular weight excluding hydrogens is 222 g/mol. The van der Waals surface area contributed by atoms with Crippen LogP contribution in [0.4, 0.5) is 0 Å². The first-order valence-corrected chi connectivity index (χ1v) is 6.08. The number of ether oxygens (including phenoxy) is 1. The van der Waals surface area contributed by atoms with Gasteiger partial charge in [0, 0.05) is 31.4 Å². The molecule has 1 saturated heterocycles. The van der Waals surface area contributed by atoms with E-state index in [0.717, 1.165) is 13.0 Å². The molecule has 0 aromatic rings. The van der Waals surface area contributed by atoms with Crippen molar-refractivity contribution in [3.8, 4) is 0 Å². The maximum Gasteiger partial charge on any atom is 0.303 e. The van der Waals surface area contributed by atoms with Gasteiger partial charge in [-0.2, -0.15) is 0 Å². The van der Waals surface area contributed by atoms with Crippen molar-refractivity contribution in [2.75, 3.05) is 19.8 Å². The molecule has 1 amide bonds. The molecule has 5 heteroatoms. The van der Waals surface area contributed by atoms with Crippen molar-refractivity contribution in [1.29, 1.82) is 0 Å². The molecule has 2 N–H and O–H groups in total. The van der Waals surface area contributed by atoms with Crippen LogP contribution in [0.3, 0.4) is 0 Å². The largest absolute Gasteiger partial charge is 0.481 e. The molecule has 0 bridgehead atoms. The average molecular weight is 243 g/mol. The number of nitrogens with one attached hydrogen (secondary N) is 1. The van der Waals surface area contributed by atoms with E-state index in [1.54, 1.807) is 0 Å². The summed E-state index contributed by atoms with van der Waals surface area (Å²) >= 11 is 0. The van der Waals surface area contributed by atoms with E-state index in [-0.39, 0.29) is 17.7 Å². The van der Waals surface area contributed by atoms with Crippen LogP contribution in [0.2, 0.25) is 0 Å². The Kier molecular flexibility index (Phi) is 5.41. The molecule has 1 rings (SSSR count). The Labute approximate surface area is 102 Å². The second-order valence-electron chi connectivity index (χ2n) is 4.99. The lowest BCUT2D eigenvalue weighted by Crippen LogP contribution is -2.35. The maximum absolute atomic E-state index is 11.5. The number of unbranched alkanes of at least 4 members (excludes halogenated alkanes) is 1. The monoisotopic (exact) mass is 243 g/mol. The van der Waals surface area contributed by atoms with E-state index < -0.39 is 5.97 Å². The van der Waals surface area contributed by atoms with Gasteiger partial charge in [-0.05, 0) is 19.3 Å². The number of hydrogen-bond donors (Lipinski definition) is 2. The molecule has 0 aromatic carbocycles. The Bertz CT molecular complexity index is 272. The predicted octanol–water partition coefficient (Wildman–Crippen LogP) is 1.17. The molecule has 1 unspecified atom stereocenters. The molecule has 0 aromatic heterocycles. The van der Waals surface area contributed by atoms with Gasteiger partial charge in [0.2, 0.25) is 5.91 Å². The van der Waals surface area contributed by atoms with Crippen molar-refractivity contribution in [2.45, 2.75) is 39.0 Å². The highest BCUT2D eigenvalue weighted by atomic mass is 16.5. The topological polar surface area (TPSA) is 75.6 Å². The number of carbonyl (C=O) groups is 2. The first-order valence-electron chi connectivity index (χ1n) is 6.08. The van der Waals surface area contributed by atoms with E-state index in [0.29, 0.717) is 32.4 Å². The molecule has 5 nitrogen and oxygen atoms in total. The van der Waals surface area contributed by atoms with Crippen molar-refractivity contribution in [3.63, 3.8) is 0 Å². The first kappa shape index (κ1) is 14.0. The van der Waals surface area contributed by atoms with E-state index in [1.165, 1.54) is 0 Å². The summed E-state index contributed by atoms with van der Waals surface area (Å²) in [4.78, 5) is 21.8. The molecule has 1 heterocycles. The molecule has 1 aliphatic rings. The second kappa shape index (κ2) is 6.59. The van der Waals surface area contributed by atoms with Gasteiger partial charge in [0.1, 0.15) is 0 Å². The number of amides is 1. The lowest BCUT2D eigenvalue weighted by Gasteiger charge is -2.21. The summed E-state index contributed by atoms with van der Waals surface area (Å²) < 4.78 is 5.30. The SMILES string of the molecule is CC1(CNC(=O)CCCCC(=O)O)CCOC1. The van der Waals surface area contributed by atoms with Gasteiger partial charge in [0.15, 0.2) is 0 Å². The fourth-order valence-electron chi connectivity index (χ4n) is 1.81. The third-order valence-electron chi connectivity index (χ3n) is 3.06. The third-order valence-corrected chi connectivity index (χ3v) is 3.06. The molecule has 1 atom stereocenters. The van der Waals surface area contributed by atoms with Crippen LogP contribution in [0.15, 0.2) is 0 Å². The summed E-state index contributed by atoms with van der Waals surface area (Å²) in [5.74, 6) is -0.801. The van der Waals surface area contributed by atoms with Crippen LogP contribution in [0, 0.1) is 5.41 Å². The fraction of sp³-hybridized carbons (Fsp3) is 0.833. The lowest BCUT2D eigenvalue weighted by atomic mass is 9.90. The Hall–Kier alpha value is -1.10. The fourth-order valence-corrected chi connectivity index (χ4v) is 1.81. The van der Waals surface area contributed by atoms with Gasteiger partial charge in [0.05, 0.1) is 6.61 Å². The van der Waals surface area contributed by atoms with Crippen LogP contribution < -0.4 is 5.32 Å². The van der Waals surface area contributed by atoms with E-state index in [1.807, 2.05) is 0 Å². The standard InChI is InChI=1S/C12H21NO4/c1-12(6-7-17-9-12)8-13-10(14)4-2-3-5-11(15)16/h2-9H2,1H3,(H,13,14)(H,15,16). The van der Waals surface area contributed by atoms with Crippen molar-refractivity contribution >= 4 is 11.9 Å². The second-order valence-corrected chi connectivity index (χ2v) is 4.99. The minimum atomic E-state index is -0.805. The number of aliphatic carboxylic acids is 1. The van der Waals surface area contributed by atoms with Crippen molar-refractivity contribution in [3.05, 3.63) is 0 Å². The number of carbonyl (C=O) groups excluding carboxylic acids is 1. The average Bonchev–Trinajstić information content (AvgIpc) is 2.69. The van der Waals surface area contributed by atoms with E-state index in [4.69, 9.17) is 9.84 Å². The van der Waals surface area contributed by atoms with Gasteiger partial charge in [-0.15, -0.1) is 0 Å². The van der Waals surface area contributed by atoms with Crippen molar-refractivity contribution in [2.24, 2.45) is 5.41 Å². The highest BCUT2D eigenvalue weighted by molar-refractivity contribution is 5.76. The smallest absolute Gasteiger partial charge is 0.303 e. The zero-order valence-corrected chi connectivity index (χ0v) is 10.3. The number of rotatable bonds is 7. The maximum atomic E-state index is 11.5. The zero-order valence-electron chi connectivity index (χ0n) is 10.3. The lowest BCUT2D eigenvalue weighted by molar-refractivity contribution is -0.137. The third kappa shape index (κ3) is 5.68. The van der Waals surface area contributed by atoms with Crippen LogP contribution >= 0.6 is 0 Å². The molecular formula is C12H21NO4. The Balaban J connectivity index is 2.06. The molecule has 1 fully saturated rings. The summed E-state index contributed by atoms with van der Waals surface area (Å²) in [7, 11) is 0. The number of carboxylic acids is 1. The van der Waals surface area contributed by atoms with Gasteiger partial charge in [-0.3, -0.25) is 9.59 Å². The van der Waals surface area contributed by atoms with Crippen LogP contribution in [0.5, 0.6) is 0 Å². The summed E-state index contributed by atoms with van der Waals surface area (Å²) in [6.45, 7) is 4.22. The first-order chi connectivity index (χ1) is 8.02. The van der Waals surface area contributed by atoms with Crippen molar-refractivity contribution < 1.29 is 19.4 Å².